The first-order chi connectivity index (χ1) is 15.1. The summed E-state index contributed by atoms with van der Waals surface area (Å²) in [5.41, 5.74) is 2.44. The van der Waals surface area contributed by atoms with Crippen LogP contribution in [-0.4, -0.2) is 44.3 Å². The monoisotopic (exact) mass is 434 g/mol. The molecule has 0 spiro atoms. The lowest BCUT2D eigenvalue weighted by atomic mass is 9.84. The molecule has 3 N–H and O–H groups in total. The molecule has 1 saturated carbocycles. The molecule has 0 saturated heterocycles. The summed E-state index contributed by atoms with van der Waals surface area (Å²) in [7, 11) is 1.81. The normalized spacial score (nSPS) is 24.6. The van der Waals surface area contributed by atoms with Crippen molar-refractivity contribution < 1.29 is 9.90 Å². The van der Waals surface area contributed by atoms with Crippen LogP contribution in [0.5, 0.6) is 0 Å². The van der Waals surface area contributed by atoms with Gasteiger partial charge in [-0.25, -0.2) is 0 Å². The second-order valence-corrected chi connectivity index (χ2v) is 9.88. The van der Waals surface area contributed by atoms with Crippen molar-refractivity contribution in [3.8, 4) is 0 Å². The molecule has 0 atom stereocenters. The number of fused-ring (bicyclic) bond motifs is 2. The highest BCUT2D eigenvalue weighted by molar-refractivity contribution is 6.07. The van der Waals surface area contributed by atoms with Gasteiger partial charge in [0.25, 0.3) is 0 Å². The lowest BCUT2D eigenvalue weighted by Gasteiger charge is -2.33. The Hall–Kier alpha value is -3.13. The molecule has 2 aromatic heterocycles. The number of carbonyl (C=O) groups is 1. The van der Waals surface area contributed by atoms with Gasteiger partial charge in [0.1, 0.15) is 5.82 Å². The molecule has 0 radical (unpaired) electrons. The first-order valence-electron chi connectivity index (χ1n) is 11.2. The number of hydrogen-bond acceptors (Lipinski definition) is 6. The lowest BCUT2D eigenvalue weighted by molar-refractivity contribution is -0.121. The molecule has 1 fully saturated rings. The Labute approximate surface area is 187 Å². The predicted octanol–water partition coefficient (Wildman–Crippen LogP) is 3.83. The maximum absolute atomic E-state index is 12.6. The molecule has 3 heterocycles. The molecule has 8 heteroatoms. The van der Waals surface area contributed by atoms with Gasteiger partial charge in [0.15, 0.2) is 5.65 Å². The van der Waals surface area contributed by atoms with Crippen molar-refractivity contribution in [3.63, 3.8) is 0 Å². The third-order valence-corrected chi connectivity index (χ3v) is 6.90. The maximum atomic E-state index is 12.6. The summed E-state index contributed by atoms with van der Waals surface area (Å²) >= 11 is 0. The number of likely N-dealkylation sites (N-methyl/N-ethyl adjacent to an activating group) is 1. The third-order valence-electron chi connectivity index (χ3n) is 6.90. The van der Waals surface area contributed by atoms with E-state index in [0.29, 0.717) is 12.0 Å². The van der Waals surface area contributed by atoms with E-state index in [0.717, 1.165) is 54.1 Å². The minimum absolute atomic E-state index is 0.0930. The number of carbonyl (C=O) groups excluding carboxylic acids is 1. The summed E-state index contributed by atoms with van der Waals surface area (Å²) in [5.74, 6) is 1.48. The summed E-state index contributed by atoms with van der Waals surface area (Å²) < 4.78 is 1.81. The van der Waals surface area contributed by atoms with Crippen LogP contribution < -0.4 is 15.5 Å². The minimum Gasteiger partial charge on any atom is -0.390 e. The van der Waals surface area contributed by atoms with E-state index in [2.05, 4.69) is 20.7 Å². The highest BCUT2D eigenvalue weighted by Crippen LogP contribution is 2.42. The summed E-state index contributed by atoms with van der Waals surface area (Å²) in [4.78, 5) is 18.9. The Bertz CT molecular complexity index is 1190. The Morgan fingerprint density at radius 3 is 2.62 bits per heavy atom. The standard InChI is InChI=1S/C24H30N6O2/c1-23(2)17-9-8-16(14-18(17)29(4)21(23)31)26-22-27-20-7-5-6-19(30(20)28-22)25-15-10-12-24(3,32)13-11-15/h5-9,14-15,25,32H,10-13H2,1-4H3,(H,26,28)/t15-,24+. The van der Waals surface area contributed by atoms with E-state index < -0.39 is 11.0 Å². The fourth-order valence-electron chi connectivity index (χ4n) is 4.85. The van der Waals surface area contributed by atoms with Crippen molar-refractivity contribution in [2.75, 3.05) is 22.6 Å². The lowest BCUT2D eigenvalue weighted by Crippen LogP contribution is -2.36. The summed E-state index contributed by atoms with van der Waals surface area (Å²) in [6.45, 7) is 5.82. The van der Waals surface area contributed by atoms with E-state index in [1.807, 2.05) is 64.2 Å². The van der Waals surface area contributed by atoms with Crippen LogP contribution in [0.25, 0.3) is 5.65 Å². The SMILES string of the molecule is CN1C(=O)C(C)(C)c2ccc(Nc3nc4cccc(N[C@H]5CC[C@@](C)(O)CC5)n4n3)cc21. The van der Waals surface area contributed by atoms with Crippen LogP contribution in [0, 0.1) is 0 Å². The van der Waals surface area contributed by atoms with Gasteiger partial charge >= 0.3 is 0 Å². The number of aliphatic hydroxyl groups is 1. The molecule has 1 aliphatic carbocycles. The van der Waals surface area contributed by atoms with Gasteiger partial charge in [0.2, 0.25) is 11.9 Å². The van der Waals surface area contributed by atoms with Gasteiger partial charge in [-0.05, 0) is 76.3 Å². The quantitative estimate of drug-likeness (QED) is 0.578. The molecule has 0 unspecified atom stereocenters. The molecule has 168 valence electrons. The van der Waals surface area contributed by atoms with E-state index in [-0.39, 0.29) is 5.91 Å². The average molecular weight is 435 g/mol. The largest absolute Gasteiger partial charge is 0.390 e. The van der Waals surface area contributed by atoms with Crippen molar-refractivity contribution in [2.24, 2.45) is 0 Å². The number of rotatable bonds is 4. The molecular formula is C24H30N6O2. The van der Waals surface area contributed by atoms with Crippen LogP contribution in [0.3, 0.4) is 0 Å². The molecular weight excluding hydrogens is 404 g/mol. The summed E-state index contributed by atoms with van der Waals surface area (Å²) in [5, 5.41) is 21.7. The zero-order chi connectivity index (χ0) is 22.7. The van der Waals surface area contributed by atoms with Crippen LogP contribution in [0.2, 0.25) is 0 Å². The van der Waals surface area contributed by atoms with Gasteiger partial charge in [0, 0.05) is 24.5 Å². The van der Waals surface area contributed by atoms with Gasteiger partial charge in [-0.1, -0.05) is 12.1 Å². The van der Waals surface area contributed by atoms with Gasteiger partial charge < -0.3 is 20.6 Å². The highest BCUT2D eigenvalue weighted by atomic mass is 16.3. The van der Waals surface area contributed by atoms with Gasteiger partial charge in [-0.3, -0.25) is 4.79 Å². The Balaban J connectivity index is 1.38. The molecule has 8 nitrogen and oxygen atoms in total. The molecule has 32 heavy (non-hydrogen) atoms. The van der Waals surface area contributed by atoms with E-state index in [9.17, 15) is 9.90 Å². The maximum Gasteiger partial charge on any atom is 0.247 e. The number of pyridine rings is 1. The van der Waals surface area contributed by atoms with Gasteiger partial charge in [0.05, 0.1) is 11.0 Å². The Morgan fingerprint density at radius 2 is 1.88 bits per heavy atom. The first-order valence-corrected chi connectivity index (χ1v) is 11.2. The summed E-state index contributed by atoms with van der Waals surface area (Å²) in [6, 6.07) is 12.1. The number of nitrogens with one attached hydrogen (secondary N) is 2. The molecule has 1 amide bonds. The Morgan fingerprint density at radius 1 is 1.12 bits per heavy atom. The third kappa shape index (κ3) is 3.48. The zero-order valence-corrected chi connectivity index (χ0v) is 19.0. The van der Waals surface area contributed by atoms with E-state index in [1.54, 1.807) is 9.42 Å². The number of aromatic nitrogens is 3. The summed E-state index contributed by atoms with van der Waals surface area (Å²) in [6.07, 6.45) is 3.41. The molecule has 3 aromatic rings. The van der Waals surface area contributed by atoms with Crippen LogP contribution in [0.4, 0.5) is 23.1 Å². The molecule has 0 bridgehead atoms. The van der Waals surface area contributed by atoms with E-state index >= 15 is 0 Å². The predicted molar refractivity (Wildman–Crippen MR) is 126 cm³/mol. The van der Waals surface area contributed by atoms with Crippen molar-refractivity contribution >= 4 is 34.7 Å². The van der Waals surface area contributed by atoms with Crippen molar-refractivity contribution in [2.45, 2.75) is 63.5 Å². The van der Waals surface area contributed by atoms with E-state index in [1.165, 1.54) is 0 Å². The second-order valence-electron chi connectivity index (χ2n) is 9.88. The second kappa shape index (κ2) is 7.20. The van der Waals surface area contributed by atoms with Crippen LogP contribution in [0.1, 0.15) is 52.0 Å². The molecule has 1 aliphatic heterocycles. The molecule has 1 aromatic carbocycles. The fourth-order valence-corrected chi connectivity index (χ4v) is 4.85. The van der Waals surface area contributed by atoms with Crippen molar-refractivity contribution in [1.82, 2.24) is 14.6 Å². The fraction of sp³-hybridized carbons (Fsp3) is 0.458. The number of benzene rings is 1. The van der Waals surface area contributed by atoms with Crippen molar-refractivity contribution in [3.05, 3.63) is 42.0 Å². The number of nitrogens with zero attached hydrogens (tertiary/aromatic N) is 4. The number of hydrogen-bond donors (Lipinski definition) is 3. The minimum atomic E-state index is -0.557. The van der Waals surface area contributed by atoms with E-state index in [4.69, 9.17) is 0 Å². The average Bonchev–Trinajstić information content (AvgIpc) is 3.23. The molecule has 2 aliphatic rings. The zero-order valence-electron chi connectivity index (χ0n) is 19.0. The van der Waals surface area contributed by atoms with Gasteiger partial charge in [-0.15, -0.1) is 5.10 Å². The number of anilines is 4. The topological polar surface area (TPSA) is 94.8 Å². The van der Waals surface area contributed by atoms with Crippen LogP contribution >= 0.6 is 0 Å². The van der Waals surface area contributed by atoms with Crippen molar-refractivity contribution in [1.29, 1.82) is 0 Å². The highest BCUT2D eigenvalue weighted by Gasteiger charge is 2.42. The Kier molecular flexibility index (Phi) is 4.67. The van der Waals surface area contributed by atoms with Crippen LogP contribution in [0.15, 0.2) is 36.4 Å². The van der Waals surface area contributed by atoms with Crippen LogP contribution in [-0.2, 0) is 10.2 Å². The molecule has 5 rings (SSSR count). The smallest absolute Gasteiger partial charge is 0.247 e. The van der Waals surface area contributed by atoms with Gasteiger partial charge in [-0.2, -0.15) is 9.50 Å². The number of amides is 1. The first kappa shape index (κ1) is 20.8.